The molecule has 1 aromatic heterocycles. The van der Waals surface area contributed by atoms with Crippen molar-refractivity contribution in [1.29, 1.82) is 0 Å². The molecule has 3 nitrogen and oxygen atoms in total. The molecule has 0 bridgehead atoms. The highest BCUT2D eigenvalue weighted by Crippen LogP contribution is 2.26. The van der Waals surface area contributed by atoms with Crippen LogP contribution in [0, 0.1) is 6.92 Å². The van der Waals surface area contributed by atoms with Gasteiger partial charge in [-0.2, -0.15) is 0 Å². The van der Waals surface area contributed by atoms with E-state index in [4.69, 9.17) is 16.3 Å². The minimum Gasteiger partial charge on any atom is -0.422 e. The number of aromatic nitrogens is 1. The molecule has 0 aliphatic rings. The van der Waals surface area contributed by atoms with Crippen molar-refractivity contribution < 1.29 is 9.53 Å². The molecule has 2 aromatic carbocycles. The second-order valence-corrected chi connectivity index (χ2v) is 6.05. The van der Waals surface area contributed by atoms with Gasteiger partial charge in [0.05, 0.1) is 0 Å². The summed E-state index contributed by atoms with van der Waals surface area (Å²) >= 11 is 7.35. The molecule has 0 amide bonds. The lowest BCUT2D eigenvalue weighted by Gasteiger charge is -2.02. The molecule has 22 heavy (non-hydrogen) atoms. The van der Waals surface area contributed by atoms with Gasteiger partial charge in [-0.15, -0.1) is 11.3 Å². The van der Waals surface area contributed by atoms with E-state index < -0.39 is 5.97 Å². The maximum absolute atomic E-state index is 12.1. The molecule has 0 spiro atoms. The number of nitrogens with zero attached hydrogens (tertiary/aromatic N) is 1. The van der Waals surface area contributed by atoms with Gasteiger partial charge in [-0.3, -0.25) is 0 Å². The Morgan fingerprint density at radius 3 is 2.68 bits per heavy atom. The summed E-state index contributed by atoms with van der Waals surface area (Å²) in [7, 11) is 0. The molecule has 0 atom stereocenters. The van der Waals surface area contributed by atoms with Crippen molar-refractivity contribution in [3.8, 4) is 16.3 Å². The van der Waals surface area contributed by atoms with Crippen molar-refractivity contribution in [2.45, 2.75) is 6.92 Å². The van der Waals surface area contributed by atoms with Crippen molar-refractivity contribution in [2.75, 3.05) is 0 Å². The van der Waals surface area contributed by atoms with Crippen molar-refractivity contribution in [2.24, 2.45) is 0 Å². The van der Waals surface area contributed by atoms with E-state index in [1.54, 1.807) is 23.6 Å². The lowest BCUT2D eigenvalue weighted by atomic mass is 10.2. The molecule has 0 aliphatic heterocycles. The van der Waals surface area contributed by atoms with E-state index in [-0.39, 0.29) is 0 Å². The quantitative estimate of drug-likeness (QED) is 0.502. The second kappa shape index (κ2) is 6.30. The fraction of sp³-hybridized carbons (Fsp3) is 0.0588. The largest absolute Gasteiger partial charge is 0.422 e. The first-order valence-electron chi connectivity index (χ1n) is 6.62. The monoisotopic (exact) mass is 329 g/mol. The summed E-state index contributed by atoms with van der Waals surface area (Å²) < 4.78 is 5.31. The summed E-state index contributed by atoms with van der Waals surface area (Å²) in [6, 6.07) is 14.7. The van der Waals surface area contributed by atoms with Crippen molar-refractivity contribution in [1.82, 2.24) is 4.98 Å². The Morgan fingerprint density at radius 2 is 1.95 bits per heavy atom. The molecule has 1 heterocycles. The van der Waals surface area contributed by atoms with Crippen LogP contribution in [-0.4, -0.2) is 11.0 Å². The zero-order chi connectivity index (χ0) is 15.5. The molecule has 3 rings (SSSR count). The Balaban J connectivity index is 1.78. The van der Waals surface area contributed by atoms with E-state index in [9.17, 15) is 4.79 Å². The highest BCUT2D eigenvalue weighted by molar-refractivity contribution is 7.13. The molecular weight excluding hydrogens is 318 g/mol. The molecule has 0 unspecified atom stereocenters. The third-order valence-electron chi connectivity index (χ3n) is 3.02. The Kier molecular flexibility index (Phi) is 4.22. The molecule has 0 saturated carbocycles. The SMILES string of the molecule is Cc1ccc(OC(=O)c2csc(-c3cccc(Cl)c3)n2)cc1. The Bertz CT molecular complexity index is 812. The van der Waals surface area contributed by atoms with Gasteiger partial charge >= 0.3 is 5.97 Å². The highest BCUT2D eigenvalue weighted by Gasteiger charge is 2.14. The standard InChI is InChI=1S/C17H12ClNO2S/c1-11-5-7-14(8-6-11)21-17(20)15-10-22-16(19-15)12-3-2-4-13(18)9-12/h2-10H,1H3. The second-order valence-electron chi connectivity index (χ2n) is 4.75. The van der Waals surface area contributed by atoms with Crippen LogP contribution < -0.4 is 4.74 Å². The number of esters is 1. The lowest BCUT2D eigenvalue weighted by molar-refractivity contribution is 0.0729. The summed E-state index contributed by atoms with van der Waals surface area (Å²) in [6.45, 7) is 1.98. The number of rotatable bonds is 3. The van der Waals surface area contributed by atoms with E-state index in [1.807, 2.05) is 37.3 Å². The van der Waals surface area contributed by atoms with E-state index >= 15 is 0 Å². The first-order chi connectivity index (χ1) is 10.6. The molecule has 0 aliphatic carbocycles. The number of benzene rings is 2. The number of aryl methyl sites for hydroxylation is 1. The van der Waals surface area contributed by atoms with Gasteiger partial charge in [0, 0.05) is 16.0 Å². The number of hydrogen-bond donors (Lipinski definition) is 0. The highest BCUT2D eigenvalue weighted by atomic mass is 35.5. The van der Waals surface area contributed by atoms with Crippen LogP contribution in [0.3, 0.4) is 0 Å². The number of halogens is 1. The van der Waals surface area contributed by atoms with Crippen molar-refractivity contribution in [3.63, 3.8) is 0 Å². The van der Waals surface area contributed by atoms with Gasteiger partial charge < -0.3 is 4.74 Å². The number of carbonyl (C=O) groups is 1. The molecule has 3 aromatic rings. The molecule has 0 N–H and O–H groups in total. The Morgan fingerprint density at radius 1 is 1.18 bits per heavy atom. The first kappa shape index (κ1) is 14.8. The van der Waals surface area contributed by atoms with Crippen LogP contribution in [0.5, 0.6) is 5.75 Å². The van der Waals surface area contributed by atoms with Gasteiger partial charge in [-0.1, -0.05) is 41.4 Å². The maximum atomic E-state index is 12.1. The third-order valence-corrected chi connectivity index (χ3v) is 4.14. The predicted molar refractivity (Wildman–Crippen MR) is 88.7 cm³/mol. The molecular formula is C17H12ClNO2S. The fourth-order valence-electron chi connectivity index (χ4n) is 1.89. The smallest absolute Gasteiger partial charge is 0.363 e. The minimum absolute atomic E-state index is 0.292. The minimum atomic E-state index is -0.464. The summed E-state index contributed by atoms with van der Waals surface area (Å²) in [6.07, 6.45) is 0. The average molecular weight is 330 g/mol. The third kappa shape index (κ3) is 3.35. The van der Waals surface area contributed by atoms with E-state index in [0.717, 1.165) is 16.1 Å². The zero-order valence-corrected chi connectivity index (χ0v) is 13.3. The van der Waals surface area contributed by atoms with Crippen LogP contribution in [0.25, 0.3) is 10.6 Å². The number of thiazole rings is 1. The normalized spacial score (nSPS) is 10.5. The molecule has 5 heteroatoms. The van der Waals surface area contributed by atoms with Crippen LogP contribution >= 0.6 is 22.9 Å². The number of hydrogen-bond acceptors (Lipinski definition) is 4. The van der Waals surface area contributed by atoms with Crippen LogP contribution in [-0.2, 0) is 0 Å². The fourth-order valence-corrected chi connectivity index (χ4v) is 2.86. The van der Waals surface area contributed by atoms with Crippen molar-refractivity contribution in [3.05, 3.63) is 70.2 Å². The first-order valence-corrected chi connectivity index (χ1v) is 7.88. The van der Waals surface area contributed by atoms with Crippen LogP contribution in [0.2, 0.25) is 5.02 Å². The van der Waals surface area contributed by atoms with Crippen LogP contribution in [0.15, 0.2) is 53.9 Å². The van der Waals surface area contributed by atoms with Gasteiger partial charge in [-0.05, 0) is 31.2 Å². The molecule has 0 radical (unpaired) electrons. The lowest BCUT2D eigenvalue weighted by Crippen LogP contribution is -2.08. The maximum Gasteiger partial charge on any atom is 0.363 e. The van der Waals surface area contributed by atoms with E-state index in [1.165, 1.54) is 11.3 Å². The zero-order valence-electron chi connectivity index (χ0n) is 11.7. The Labute approximate surface area is 137 Å². The Hall–Kier alpha value is -2.17. The predicted octanol–water partition coefficient (Wildman–Crippen LogP) is 4.99. The average Bonchev–Trinajstić information content (AvgIpc) is 3.00. The van der Waals surface area contributed by atoms with Gasteiger partial charge in [0.1, 0.15) is 10.8 Å². The summed E-state index contributed by atoms with van der Waals surface area (Å²) in [5.41, 5.74) is 2.28. The number of ether oxygens (including phenoxy) is 1. The summed E-state index contributed by atoms with van der Waals surface area (Å²) in [4.78, 5) is 16.4. The van der Waals surface area contributed by atoms with E-state index in [0.29, 0.717) is 16.5 Å². The molecule has 0 fully saturated rings. The van der Waals surface area contributed by atoms with Crippen LogP contribution in [0.1, 0.15) is 16.1 Å². The molecule has 0 saturated heterocycles. The summed E-state index contributed by atoms with van der Waals surface area (Å²) in [5.74, 6) is 0.0429. The number of carbonyl (C=O) groups excluding carboxylic acids is 1. The van der Waals surface area contributed by atoms with Gasteiger partial charge in [-0.25, -0.2) is 9.78 Å². The van der Waals surface area contributed by atoms with Crippen molar-refractivity contribution >= 4 is 28.9 Å². The topological polar surface area (TPSA) is 39.2 Å². The van der Waals surface area contributed by atoms with Gasteiger partial charge in [0.2, 0.25) is 0 Å². The molecule has 110 valence electrons. The van der Waals surface area contributed by atoms with Gasteiger partial charge in [0.15, 0.2) is 5.69 Å². The summed E-state index contributed by atoms with van der Waals surface area (Å²) in [5, 5.41) is 3.06. The van der Waals surface area contributed by atoms with E-state index in [2.05, 4.69) is 4.98 Å². The van der Waals surface area contributed by atoms with Gasteiger partial charge in [0.25, 0.3) is 0 Å². The van der Waals surface area contributed by atoms with Crippen LogP contribution in [0.4, 0.5) is 0 Å².